The fourth-order valence-electron chi connectivity index (χ4n) is 1.04. The molecule has 0 bridgehead atoms. The van der Waals surface area contributed by atoms with Crippen LogP contribution >= 0.6 is 22.7 Å². The second kappa shape index (κ2) is 5.09. The SMILES string of the molecule is C/C(=N\N=C(/C)c1nccs1)c1nccs1. The van der Waals surface area contributed by atoms with Crippen molar-refractivity contribution in [1.82, 2.24) is 9.97 Å². The molecule has 0 aliphatic rings. The summed E-state index contributed by atoms with van der Waals surface area (Å²) in [4.78, 5) is 8.32. The van der Waals surface area contributed by atoms with Crippen molar-refractivity contribution in [2.75, 3.05) is 0 Å². The molecule has 16 heavy (non-hydrogen) atoms. The molecular formula is C10H10N4S2. The molecule has 0 spiro atoms. The lowest BCUT2D eigenvalue weighted by atomic mass is 10.4. The first kappa shape index (κ1) is 11.1. The zero-order valence-electron chi connectivity index (χ0n) is 8.91. The fraction of sp³-hybridized carbons (Fsp3) is 0.200. The van der Waals surface area contributed by atoms with E-state index in [9.17, 15) is 0 Å². The quantitative estimate of drug-likeness (QED) is 0.621. The molecule has 0 N–H and O–H groups in total. The summed E-state index contributed by atoms with van der Waals surface area (Å²) < 4.78 is 0. The van der Waals surface area contributed by atoms with Crippen molar-refractivity contribution in [3.05, 3.63) is 33.2 Å². The molecule has 6 heteroatoms. The molecule has 0 fully saturated rings. The number of aromatic nitrogens is 2. The van der Waals surface area contributed by atoms with E-state index >= 15 is 0 Å². The highest BCUT2D eigenvalue weighted by Gasteiger charge is 2.01. The van der Waals surface area contributed by atoms with E-state index in [4.69, 9.17) is 0 Å². The molecule has 0 saturated heterocycles. The van der Waals surface area contributed by atoms with Crippen LogP contribution < -0.4 is 0 Å². The van der Waals surface area contributed by atoms with E-state index in [2.05, 4.69) is 20.2 Å². The van der Waals surface area contributed by atoms with E-state index in [-0.39, 0.29) is 0 Å². The van der Waals surface area contributed by atoms with E-state index in [0.717, 1.165) is 21.4 Å². The second-order valence-corrected chi connectivity index (χ2v) is 4.83. The fourth-order valence-corrected chi connectivity index (χ4v) is 2.21. The van der Waals surface area contributed by atoms with Crippen LogP contribution in [0.2, 0.25) is 0 Å². The smallest absolute Gasteiger partial charge is 0.139 e. The third-order valence-corrected chi connectivity index (χ3v) is 3.60. The molecule has 2 aromatic rings. The third-order valence-electron chi connectivity index (χ3n) is 1.83. The van der Waals surface area contributed by atoms with Crippen LogP contribution in [-0.4, -0.2) is 21.4 Å². The predicted octanol–water partition coefficient (Wildman–Crippen LogP) is 2.83. The average Bonchev–Trinajstić information content (AvgIpc) is 2.95. The summed E-state index contributed by atoms with van der Waals surface area (Å²) in [5.41, 5.74) is 1.65. The summed E-state index contributed by atoms with van der Waals surface area (Å²) in [5, 5.41) is 13.9. The Kier molecular flexibility index (Phi) is 3.53. The van der Waals surface area contributed by atoms with Crippen molar-refractivity contribution in [2.45, 2.75) is 13.8 Å². The topological polar surface area (TPSA) is 50.5 Å². The molecule has 0 aliphatic heterocycles. The van der Waals surface area contributed by atoms with Crippen molar-refractivity contribution >= 4 is 34.1 Å². The molecule has 4 nitrogen and oxygen atoms in total. The maximum Gasteiger partial charge on any atom is 0.139 e. The van der Waals surface area contributed by atoms with Gasteiger partial charge in [-0.2, -0.15) is 10.2 Å². The summed E-state index contributed by atoms with van der Waals surface area (Å²) >= 11 is 3.11. The molecule has 2 rings (SSSR count). The van der Waals surface area contributed by atoms with Gasteiger partial charge in [0, 0.05) is 23.2 Å². The van der Waals surface area contributed by atoms with Crippen LogP contribution in [-0.2, 0) is 0 Å². The molecule has 0 radical (unpaired) electrons. The van der Waals surface area contributed by atoms with Crippen LogP contribution in [0.4, 0.5) is 0 Å². The highest BCUT2D eigenvalue weighted by molar-refractivity contribution is 7.12. The van der Waals surface area contributed by atoms with Gasteiger partial charge in [-0.05, 0) is 13.8 Å². The van der Waals surface area contributed by atoms with Crippen LogP contribution in [0.15, 0.2) is 33.4 Å². The number of hydrogen-bond donors (Lipinski definition) is 0. The molecule has 0 saturated carbocycles. The molecule has 0 unspecified atom stereocenters. The van der Waals surface area contributed by atoms with Gasteiger partial charge in [-0.1, -0.05) is 0 Å². The van der Waals surface area contributed by atoms with E-state index in [0.29, 0.717) is 0 Å². The van der Waals surface area contributed by atoms with Crippen LogP contribution in [0.5, 0.6) is 0 Å². The maximum absolute atomic E-state index is 4.16. The maximum atomic E-state index is 4.16. The van der Waals surface area contributed by atoms with E-state index < -0.39 is 0 Å². The summed E-state index contributed by atoms with van der Waals surface area (Å²) in [6.07, 6.45) is 3.52. The molecule has 0 aliphatic carbocycles. The number of hydrogen-bond acceptors (Lipinski definition) is 6. The van der Waals surface area contributed by atoms with Crippen molar-refractivity contribution in [1.29, 1.82) is 0 Å². The van der Waals surface area contributed by atoms with Gasteiger partial charge in [0.05, 0.1) is 11.4 Å². The molecule has 0 amide bonds. The molecule has 82 valence electrons. The number of thiazole rings is 2. The van der Waals surface area contributed by atoms with Crippen molar-refractivity contribution in [3.63, 3.8) is 0 Å². The normalized spacial score (nSPS) is 13.1. The molecule has 0 atom stereocenters. The minimum atomic E-state index is 0.825. The lowest BCUT2D eigenvalue weighted by Crippen LogP contribution is -1.95. The third kappa shape index (κ3) is 2.59. The van der Waals surface area contributed by atoms with Gasteiger partial charge in [0.15, 0.2) is 0 Å². The van der Waals surface area contributed by atoms with E-state index in [1.807, 2.05) is 24.6 Å². The van der Waals surface area contributed by atoms with Gasteiger partial charge >= 0.3 is 0 Å². The Labute approximate surface area is 101 Å². The average molecular weight is 250 g/mol. The van der Waals surface area contributed by atoms with Gasteiger partial charge in [0.25, 0.3) is 0 Å². The zero-order valence-corrected chi connectivity index (χ0v) is 10.5. The van der Waals surface area contributed by atoms with Crippen molar-refractivity contribution < 1.29 is 0 Å². The molecular weight excluding hydrogens is 240 g/mol. The van der Waals surface area contributed by atoms with Crippen molar-refractivity contribution in [3.8, 4) is 0 Å². The Bertz CT molecular complexity index is 449. The Morgan fingerprint density at radius 2 is 1.38 bits per heavy atom. The van der Waals surface area contributed by atoms with Crippen LogP contribution in [0.3, 0.4) is 0 Å². The number of nitrogens with zero attached hydrogens (tertiary/aromatic N) is 4. The van der Waals surface area contributed by atoms with Crippen LogP contribution in [0.1, 0.15) is 23.9 Å². The first-order valence-electron chi connectivity index (χ1n) is 4.66. The van der Waals surface area contributed by atoms with E-state index in [1.54, 1.807) is 35.1 Å². The zero-order chi connectivity index (χ0) is 11.4. The van der Waals surface area contributed by atoms with Gasteiger partial charge < -0.3 is 0 Å². The van der Waals surface area contributed by atoms with Gasteiger partial charge in [0.2, 0.25) is 0 Å². The summed E-state index contributed by atoms with van der Waals surface area (Å²) in [6.45, 7) is 3.80. The van der Waals surface area contributed by atoms with Gasteiger partial charge in [0.1, 0.15) is 10.0 Å². The predicted molar refractivity (Wildman–Crippen MR) is 68.7 cm³/mol. The monoisotopic (exact) mass is 250 g/mol. The van der Waals surface area contributed by atoms with Crippen LogP contribution in [0, 0.1) is 0 Å². The van der Waals surface area contributed by atoms with Crippen molar-refractivity contribution in [2.24, 2.45) is 10.2 Å². The minimum absolute atomic E-state index is 0.825. The van der Waals surface area contributed by atoms with Gasteiger partial charge in [-0.3, -0.25) is 0 Å². The Hall–Kier alpha value is -1.40. The first-order chi connectivity index (χ1) is 7.77. The van der Waals surface area contributed by atoms with E-state index in [1.165, 1.54) is 0 Å². The molecule has 0 aromatic carbocycles. The highest BCUT2D eigenvalue weighted by atomic mass is 32.1. The lowest BCUT2D eigenvalue weighted by Gasteiger charge is -1.92. The largest absolute Gasteiger partial charge is 0.243 e. The summed E-state index contributed by atoms with van der Waals surface area (Å²) in [5.74, 6) is 0. The minimum Gasteiger partial charge on any atom is -0.243 e. The Morgan fingerprint density at radius 3 is 1.69 bits per heavy atom. The Morgan fingerprint density at radius 1 is 0.938 bits per heavy atom. The molecule has 2 aromatic heterocycles. The lowest BCUT2D eigenvalue weighted by molar-refractivity contribution is 1.20. The highest BCUT2D eigenvalue weighted by Crippen LogP contribution is 2.08. The second-order valence-electron chi connectivity index (χ2n) is 3.05. The summed E-state index contributed by atoms with van der Waals surface area (Å²) in [7, 11) is 0. The standard InChI is InChI=1S/C10H10N4S2/c1-7(9-11-3-5-15-9)13-14-8(2)10-12-4-6-16-10/h3-6H,1-2H3/b13-7+,14-8+. The van der Waals surface area contributed by atoms with Gasteiger partial charge in [-0.25, -0.2) is 9.97 Å². The first-order valence-corrected chi connectivity index (χ1v) is 6.42. The Balaban J connectivity index is 2.17. The van der Waals surface area contributed by atoms with Crippen LogP contribution in [0.25, 0.3) is 0 Å². The van der Waals surface area contributed by atoms with Gasteiger partial charge in [-0.15, -0.1) is 22.7 Å². The summed E-state index contributed by atoms with van der Waals surface area (Å²) in [6, 6.07) is 0. The number of rotatable bonds is 3. The molecule has 2 heterocycles.